The van der Waals surface area contributed by atoms with E-state index in [1.165, 1.54) is 0 Å². The Labute approximate surface area is 83.4 Å². The fourth-order valence-corrected chi connectivity index (χ4v) is 2.07. The van der Waals surface area contributed by atoms with Gasteiger partial charge in [0.1, 0.15) is 0 Å². The SMILES string of the molecule is CCC(C(N)=O)N1CCCC1C(N)=O. The van der Waals surface area contributed by atoms with Gasteiger partial charge in [-0.05, 0) is 25.8 Å². The molecule has 2 amide bonds. The molecule has 0 radical (unpaired) electrons. The molecule has 0 aromatic carbocycles. The van der Waals surface area contributed by atoms with Crippen molar-refractivity contribution < 1.29 is 9.59 Å². The average Bonchev–Trinajstić information content (AvgIpc) is 2.53. The molecule has 5 nitrogen and oxygen atoms in total. The van der Waals surface area contributed by atoms with Crippen LogP contribution in [-0.4, -0.2) is 35.3 Å². The van der Waals surface area contributed by atoms with Gasteiger partial charge in [-0.2, -0.15) is 0 Å². The first kappa shape index (κ1) is 11.0. The van der Waals surface area contributed by atoms with Crippen LogP contribution in [0.5, 0.6) is 0 Å². The van der Waals surface area contributed by atoms with E-state index in [-0.39, 0.29) is 23.9 Å². The molecule has 5 heteroatoms. The zero-order valence-corrected chi connectivity index (χ0v) is 8.40. The molecule has 1 saturated heterocycles. The zero-order valence-electron chi connectivity index (χ0n) is 8.40. The molecule has 1 fully saturated rings. The first-order valence-electron chi connectivity index (χ1n) is 4.92. The summed E-state index contributed by atoms with van der Waals surface area (Å²) in [5, 5.41) is 0. The van der Waals surface area contributed by atoms with Gasteiger partial charge in [0.15, 0.2) is 0 Å². The molecule has 14 heavy (non-hydrogen) atoms. The van der Waals surface area contributed by atoms with Gasteiger partial charge < -0.3 is 11.5 Å². The lowest BCUT2D eigenvalue weighted by atomic mass is 10.1. The molecule has 4 N–H and O–H groups in total. The maximum absolute atomic E-state index is 11.1. The third-order valence-corrected chi connectivity index (χ3v) is 2.74. The molecule has 0 saturated carbocycles. The Kier molecular flexibility index (Phi) is 3.46. The van der Waals surface area contributed by atoms with Crippen LogP contribution < -0.4 is 11.5 Å². The molecule has 1 aliphatic rings. The Morgan fingerprint density at radius 1 is 1.50 bits per heavy atom. The van der Waals surface area contributed by atoms with Crippen LogP contribution in [0.3, 0.4) is 0 Å². The second kappa shape index (κ2) is 4.41. The van der Waals surface area contributed by atoms with Crippen molar-refractivity contribution in [3.05, 3.63) is 0 Å². The third-order valence-electron chi connectivity index (χ3n) is 2.74. The molecule has 0 bridgehead atoms. The van der Waals surface area contributed by atoms with E-state index in [2.05, 4.69) is 0 Å². The largest absolute Gasteiger partial charge is 0.368 e. The van der Waals surface area contributed by atoms with E-state index in [1.54, 1.807) is 0 Å². The van der Waals surface area contributed by atoms with Gasteiger partial charge in [-0.15, -0.1) is 0 Å². The van der Waals surface area contributed by atoms with Crippen molar-refractivity contribution >= 4 is 11.8 Å². The first-order chi connectivity index (χ1) is 6.57. The minimum Gasteiger partial charge on any atom is -0.368 e. The van der Waals surface area contributed by atoms with Crippen LogP contribution in [0.2, 0.25) is 0 Å². The summed E-state index contributed by atoms with van der Waals surface area (Å²) in [5.41, 5.74) is 10.5. The molecule has 1 aliphatic heterocycles. The number of rotatable bonds is 4. The monoisotopic (exact) mass is 199 g/mol. The standard InChI is InChI=1S/C9H17N3O2/c1-2-6(8(10)13)12-5-3-4-7(12)9(11)14/h6-7H,2-5H2,1H3,(H2,10,13)(H2,11,14). The number of carbonyl (C=O) groups is 2. The van der Waals surface area contributed by atoms with Crippen molar-refractivity contribution in [2.45, 2.75) is 38.3 Å². The highest BCUT2D eigenvalue weighted by atomic mass is 16.2. The van der Waals surface area contributed by atoms with Gasteiger partial charge in [-0.1, -0.05) is 6.92 Å². The summed E-state index contributed by atoms with van der Waals surface area (Å²) in [7, 11) is 0. The van der Waals surface area contributed by atoms with Crippen LogP contribution in [-0.2, 0) is 9.59 Å². The molecule has 0 aromatic heterocycles. The van der Waals surface area contributed by atoms with E-state index in [4.69, 9.17) is 11.5 Å². The van der Waals surface area contributed by atoms with E-state index in [1.807, 2.05) is 11.8 Å². The summed E-state index contributed by atoms with van der Waals surface area (Å²) in [4.78, 5) is 24.0. The van der Waals surface area contributed by atoms with E-state index >= 15 is 0 Å². The summed E-state index contributed by atoms with van der Waals surface area (Å²) in [6.07, 6.45) is 2.26. The molecule has 80 valence electrons. The van der Waals surface area contributed by atoms with Crippen LogP contribution in [0.1, 0.15) is 26.2 Å². The number of hydrogen-bond acceptors (Lipinski definition) is 3. The third kappa shape index (κ3) is 2.04. The van der Waals surface area contributed by atoms with Gasteiger partial charge in [0.2, 0.25) is 11.8 Å². The number of carbonyl (C=O) groups excluding carboxylic acids is 2. The fraction of sp³-hybridized carbons (Fsp3) is 0.778. The molecule has 1 rings (SSSR count). The predicted octanol–water partition coefficient (Wildman–Crippen LogP) is -0.800. The van der Waals surface area contributed by atoms with Gasteiger partial charge in [0.25, 0.3) is 0 Å². The number of nitrogens with two attached hydrogens (primary N) is 2. The van der Waals surface area contributed by atoms with Gasteiger partial charge in [-0.25, -0.2) is 0 Å². The van der Waals surface area contributed by atoms with Gasteiger partial charge in [0, 0.05) is 0 Å². The topological polar surface area (TPSA) is 89.4 Å². The number of primary amides is 2. The average molecular weight is 199 g/mol. The van der Waals surface area contributed by atoms with Crippen LogP contribution in [0, 0.1) is 0 Å². The van der Waals surface area contributed by atoms with Crippen molar-refractivity contribution in [1.29, 1.82) is 0 Å². The number of nitrogens with zero attached hydrogens (tertiary/aromatic N) is 1. The van der Waals surface area contributed by atoms with Gasteiger partial charge in [0.05, 0.1) is 12.1 Å². The molecule has 0 aromatic rings. The molecule has 0 spiro atoms. The minimum atomic E-state index is -0.374. The van der Waals surface area contributed by atoms with Crippen molar-refractivity contribution in [1.82, 2.24) is 4.90 Å². The second-order valence-electron chi connectivity index (χ2n) is 3.62. The molecular formula is C9H17N3O2. The molecule has 2 unspecified atom stereocenters. The van der Waals surface area contributed by atoms with Crippen molar-refractivity contribution in [2.24, 2.45) is 11.5 Å². The van der Waals surface area contributed by atoms with E-state index < -0.39 is 0 Å². The molecule has 0 aliphatic carbocycles. The Bertz CT molecular complexity index is 242. The highest BCUT2D eigenvalue weighted by molar-refractivity contribution is 5.83. The van der Waals surface area contributed by atoms with E-state index in [0.29, 0.717) is 6.42 Å². The summed E-state index contributed by atoms with van der Waals surface area (Å²) in [6.45, 7) is 2.61. The molecule has 1 heterocycles. The van der Waals surface area contributed by atoms with Crippen molar-refractivity contribution in [3.8, 4) is 0 Å². The summed E-state index contributed by atoms with van der Waals surface area (Å²) < 4.78 is 0. The normalized spacial score (nSPS) is 24.8. The maximum Gasteiger partial charge on any atom is 0.234 e. The Morgan fingerprint density at radius 2 is 2.14 bits per heavy atom. The van der Waals surface area contributed by atoms with Crippen LogP contribution in [0.15, 0.2) is 0 Å². The zero-order chi connectivity index (χ0) is 10.7. The number of likely N-dealkylation sites (tertiary alicyclic amines) is 1. The van der Waals surface area contributed by atoms with Gasteiger partial charge in [-0.3, -0.25) is 14.5 Å². The molecule has 2 atom stereocenters. The van der Waals surface area contributed by atoms with Crippen molar-refractivity contribution in [3.63, 3.8) is 0 Å². The Morgan fingerprint density at radius 3 is 2.57 bits per heavy atom. The lowest BCUT2D eigenvalue weighted by Crippen LogP contribution is -2.50. The molecular weight excluding hydrogens is 182 g/mol. The lowest BCUT2D eigenvalue weighted by molar-refractivity contribution is -0.127. The lowest BCUT2D eigenvalue weighted by Gasteiger charge is -2.28. The van der Waals surface area contributed by atoms with Crippen molar-refractivity contribution in [2.75, 3.05) is 6.54 Å². The summed E-state index contributed by atoms with van der Waals surface area (Å²) >= 11 is 0. The minimum absolute atomic E-state index is 0.313. The number of hydrogen-bond donors (Lipinski definition) is 2. The first-order valence-corrected chi connectivity index (χ1v) is 4.92. The van der Waals surface area contributed by atoms with E-state index in [9.17, 15) is 9.59 Å². The second-order valence-corrected chi connectivity index (χ2v) is 3.62. The Hall–Kier alpha value is -1.10. The van der Waals surface area contributed by atoms with E-state index in [0.717, 1.165) is 19.4 Å². The maximum atomic E-state index is 11.1. The number of amides is 2. The highest BCUT2D eigenvalue weighted by Crippen LogP contribution is 2.21. The summed E-state index contributed by atoms with van der Waals surface area (Å²) in [5.74, 6) is -0.733. The Balaban J connectivity index is 2.74. The van der Waals surface area contributed by atoms with Crippen LogP contribution >= 0.6 is 0 Å². The predicted molar refractivity (Wildman–Crippen MR) is 52.2 cm³/mol. The quantitative estimate of drug-likeness (QED) is 0.621. The van der Waals surface area contributed by atoms with Crippen LogP contribution in [0.25, 0.3) is 0 Å². The highest BCUT2D eigenvalue weighted by Gasteiger charge is 2.35. The van der Waals surface area contributed by atoms with Crippen LogP contribution in [0.4, 0.5) is 0 Å². The fourth-order valence-electron chi connectivity index (χ4n) is 2.07. The summed E-state index contributed by atoms with van der Waals surface area (Å²) in [6, 6.07) is -0.664. The van der Waals surface area contributed by atoms with Gasteiger partial charge >= 0.3 is 0 Å². The smallest absolute Gasteiger partial charge is 0.234 e.